The molecular weight excluding hydrogens is 136 g/mol. The third kappa shape index (κ3) is 3.39. The molecule has 0 fully saturated rings. The molecule has 0 aromatic heterocycles. The van der Waals surface area contributed by atoms with Gasteiger partial charge in [0.15, 0.2) is 0 Å². The van der Waals surface area contributed by atoms with Crippen LogP contribution in [0.25, 0.3) is 0 Å². The number of amidine groups is 1. The lowest BCUT2D eigenvalue weighted by atomic mass is 10.1. The van der Waals surface area contributed by atoms with Gasteiger partial charge in [-0.25, -0.2) is 0 Å². The number of hydrogen-bond donors (Lipinski definition) is 5. The zero-order valence-electron chi connectivity index (χ0n) is 5.49. The second-order valence-electron chi connectivity index (χ2n) is 2.05. The third-order valence-corrected chi connectivity index (χ3v) is 1.06. The molecule has 6 N–H and O–H groups in total. The smallest absolute Gasteiger partial charge is 0.103 e. The summed E-state index contributed by atoms with van der Waals surface area (Å²) in [5, 5.41) is 32.6. The van der Waals surface area contributed by atoms with E-state index in [9.17, 15) is 0 Å². The number of aliphatic hydroxyl groups excluding tert-OH is 3. The minimum absolute atomic E-state index is 0.109. The molecule has 5 nitrogen and oxygen atoms in total. The topological polar surface area (TPSA) is 111 Å². The number of hydrogen-bond acceptors (Lipinski definition) is 4. The molecule has 0 aromatic carbocycles. The minimum atomic E-state index is -1.20. The maximum Gasteiger partial charge on any atom is 0.103 e. The first-order valence-electron chi connectivity index (χ1n) is 2.87. The lowest BCUT2D eigenvalue weighted by Crippen LogP contribution is -2.33. The Morgan fingerprint density at radius 1 is 1.40 bits per heavy atom. The van der Waals surface area contributed by atoms with E-state index in [2.05, 4.69) is 0 Å². The van der Waals surface area contributed by atoms with E-state index in [1.165, 1.54) is 0 Å². The van der Waals surface area contributed by atoms with E-state index in [0.717, 1.165) is 0 Å². The first-order valence-corrected chi connectivity index (χ1v) is 2.87. The highest BCUT2D eigenvalue weighted by atomic mass is 16.4. The second kappa shape index (κ2) is 4.21. The quantitative estimate of drug-likeness (QED) is 0.235. The summed E-state index contributed by atoms with van der Waals surface area (Å²) >= 11 is 0. The number of aliphatic hydroxyl groups is 3. The number of nitrogens with one attached hydrogen (secondary N) is 1. The summed E-state index contributed by atoms with van der Waals surface area (Å²) in [6.45, 7) is -0.519. The monoisotopic (exact) mass is 148 g/mol. The Labute approximate surface area is 58.6 Å². The van der Waals surface area contributed by atoms with Crippen molar-refractivity contribution in [3.63, 3.8) is 0 Å². The van der Waals surface area contributed by atoms with Gasteiger partial charge in [0.2, 0.25) is 0 Å². The molecule has 0 rings (SSSR count). The molecule has 2 atom stereocenters. The van der Waals surface area contributed by atoms with Crippen LogP contribution in [-0.4, -0.2) is 40.0 Å². The van der Waals surface area contributed by atoms with Crippen molar-refractivity contribution in [2.24, 2.45) is 5.73 Å². The molecule has 0 radical (unpaired) electrons. The van der Waals surface area contributed by atoms with E-state index in [0.29, 0.717) is 0 Å². The summed E-state index contributed by atoms with van der Waals surface area (Å²) in [6.07, 6.45) is -2.45. The summed E-state index contributed by atoms with van der Waals surface area (Å²) in [6, 6.07) is 0. The Morgan fingerprint density at radius 2 is 1.90 bits per heavy atom. The van der Waals surface area contributed by atoms with E-state index in [4.69, 9.17) is 26.5 Å². The highest BCUT2D eigenvalue weighted by molar-refractivity contribution is 5.77. The predicted molar refractivity (Wildman–Crippen MR) is 35.6 cm³/mol. The van der Waals surface area contributed by atoms with Crippen LogP contribution in [0.15, 0.2) is 0 Å². The molecule has 60 valence electrons. The van der Waals surface area contributed by atoms with Gasteiger partial charge in [0.1, 0.15) is 6.10 Å². The van der Waals surface area contributed by atoms with E-state index < -0.39 is 18.8 Å². The van der Waals surface area contributed by atoms with Gasteiger partial charge in [-0.3, -0.25) is 5.41 Å². The average Bonchev–Trinajstić information content (AvgIpc) is 1.85. The van der Waals surface area contributed by atoms with Crippen molar-refractivity contribution in [1.29, 1.82) is 5.41 Å². The van der Waals surface area contributed by atoms with Gasteiger partial charge in [0, 0.05) is 6.42 Å². The van der Waals surface area contributed by atoms with E-state index >= 15 is 0 Å². The fourth-order valence-electron chi connectivity index (χ4n) is 0.483. The van der Waals surface area contributed by atoms with Gasteiger partial charge in [-0.2, -0.15) is 0 Å². The molecule has 0 bridgehead atoms. The van der Waals surface area contributed by atoms with Crippen molar-refractivity contribution in [1.82, 2.24) is 0 Å². The molecule has 0 aliphatic heterocycles. The molecular formula is C5H12N2O3. The highest BCUT2D eigenvalue weighted by Crippen LogP contribution is 1.96. The minimum Gasteiger partial charge on any atom is -0.394 e. The van der Waals surface area contributed by atoms with Gasteiger partial charge in [-0.05, 0) is 0 Å². The molecule has 0 aromatic rings. The third-order valence-electron chi connectivity index (χ3n) is 1.06. The Bertz CT molecular complexity index is 117. The summed E-state index contributed by atoms with van der Waals surface area (Å²) in [5.41, 5.74) is 4.92. The van der Waals surface area contributed by atoms with Crippen molar-refractivity contribution >= 4 is 5.84 Å². The molecule has 0 amide bonds. The largest absolute Gasteiger partial charge is 0.394 e. The van der Waals surface area contributed by atoms with Crippen LogP contribution in [0, 0.1) is 5.41 Å². The van der Waals surface area contributed by atoms with E-state index in [-0.39, 0.29) is 12.3 Å². The predicted octanol–water partition coefficient (Wildman–Crippen LogP) is -1.97. The van der Waals surface area contributed by atoms with Crippen LogP contribution in [0.3, 0.4) is 0 Å². The van der Waals surface area contributed by atoms with Gasteiger partial charge in [0.05, 0.1) is 18.5 Å². The van der Waals surface area contributed by atoms with Crippen LogP contribution in [0.4, 0.5) is 0 Å². The molecule has 0 saturated carbocycles. The highest BCUT2D eigenvalue weighted by Gasteiger charge is 2.15. The SMILES string of the molecule is N=C(N)CC(O)C(O)CO. The van der Waals surface area contributed by atoms with Crippen molar-refractivity contribution in [3.05, 3.63) is 0 Å². The summed E-state index contributed by atoms with van der Waals surface area (Å²) in [5.74, 6) is -0.208. The molecule has 10 heavy (non-hydrogen) atoms. The molecule has 0 saturated heterocycles. The van der Waals surface area contributed by atoms with E-state index in [1.54, 1.807) is 0 Å². The fraction of sp³-hybridized carbons (Fsp3) is 0.800. The van der Waals surface area contributed by atoms with Crippen molar-refractivity contribution in [3.8, 4) is 0 Å². The standard InChI is InChI=1S/C5H12N2O3/c6-5(7)1-3(9)4(10)2-8/h3-4,8-10H,1-2H2,(H3,6,7). The Morgan fingerprint density at radius 3 is 2.20 bits per heavy atom. The molecule has 0 aliphatic rings. The molecule has 5 heteroatoms. The Kier molecular flexibility index (Phi) is 3.94. The van der Waals surface area contributed by atoms with Crippen LogP contribution in [0.5, 0.6) is 0 Å². The van der Waals surface area contributed by atoms with Crippen molar-refractivity contribution in [2.45, 2.75) is 18.6 Å². The Balaban J connectivity index is 3.61. The zero-order chi connectivity index (χ0) is 8.15. The van der Waals surface area contributed by atoms with E-state index in [1.807, 2.05) is 0 Å². The molecule has 0 spiro atoms. The van der Waals surface area contributed by atoms with Crippen LogP contribution < -0.4 is 5.73 Å². The number of nitrogens with two attached hydrogens (primary N) is 1. The van der Waals surface area contributed by atoms with Gasteiger partial charge >= 0.3 is 0 Å². The molecule has 2 unspecified atom stereocenters. The van der Waals surface area contributed by atoms with Crippen molar-refractivity contribution in [2.75, 3.05) is 6.61 Å². The maximum atomic E-state index is 8.86. The maximum absolute atomic E-state index is 8.86. The average molecular weight is 148 g/mol. The fourth-order valence-corrected chi connectivity index (χ4v) is 0.483. The first-order chi connectivity index (χ1) is 4.57. The van der Waals surface area contributed by atoms with Crippen molar-refractivity contribution < 1.29 is 15.3 Å². The van der Waals surface area contributed by atoms with Crippen LogP contribution >= 0.6 is 0 Å². The van der Waals surface area contributed by atoms with Crippen LogP contribution in [0.2, 0.25) is 0 Å². The van der Waals surface area contributed by atoms with Crippen LogP contribution in [0.1, 0.15) is 6.42 Å². The Hall–Kier alpha value is -0.650. The number of rotatable bonds is 4. The summed E-state index contributed by atoms with van der Waals surface area (Å²) < 4.78 is 0. The van der Waals surface area contributed by atoms with Gasteiger partial charge < -0.3 is 21.1 Å². The summed E-state index contributed by atoms with van der Waals surface area (Å²) in [7, 11) is 0. The lowest BCUT2D eigenvalue weighted by molar-refractivity contribution is -0.0101. The zero-order valence-corrected chi connectivity index (χ0v) is 5.49. The molecule has 0 aliphatic carbocycles. The van der Waals surface area contributed by atoms with Gasteiger partial charge in [0.25, 0.3) is 0 Å². The normalized spacial score (nSPS) is 16.3. The lowest BCUT2D eigenvalue weighted by Gasteiger charge is -2.13. The van der Waals surface area contributed by atoms with Crippen LogP contribution in [-0.2, 0) is 0 Å². The van der Waals surface area contributed by atoms with Gasteiger partial charge in [-0.1, -0.05) is 0 Å². The molecule has 0 heterocycles. The first kappa shape index (κ1) is 9.35. The second-order valence-corrected chi connectivity index (χ2v) is 2.05. The van der Waals surface area contributed by atoms with Gasteiger partial charge in [-0.15, -0.1) is 0 Å². The summed E-state index contributed by atoms with van der Waals surface area (Å²) in [4.78, 5) is 0.